The van der Waals surface area contributed by atoms with Crippen LogP contribution < -0.4 is 15.4 Å². The van der Waals surface area contributed by atoms with E-state index in [1.54, 1.807) is 19.2 Å². The molecule has 0 radical (unpaired) electrons. The van der Waals surface area contributed by atoms with E-state index in [0.29, 0.717) is 16.4 Å². The Morgan fingerprint density at radius 2 is 1.66 bits per heavy atom. The van der Waals surface area contributed by atoms with Gasteiger partial charge < -0.3 is 15.4 Å². The highest BCUT2D eigenvalue weighted by atomic mass is 32.2. The van der Waals surface area contributed by atoms with Gasteiger partial charge in [0.25, 0.3) is 5.91 Å². The Kier molecular flexibility index (Phi) is 7.79. The van der Waals surface area contributed by atoms with Crippen LogP contribution in [0.25, 0.3) is 11.3 Å². The van der Waals surface area contributed by atoms with Gasteiger partial charge in [-0.15, -0.1) is 23.1 Å². The first-order valence-electron chi connectivity index (χ1n) is 10.7. The molecule has 1 atom stereocenters. The number of ether oxygens (including phenoxy) is 1. The van der Waals surface area contributed by atoms with E-state index in [1.807, 2.05) is 48.7 Å². The van der Waals surface area contributed by atoms with E-state index in [9.17, 15) is 14.0 Å². The first-order valence-corrected chi connectivity index (χ1v) is 12.4. The predicted molar refractivity (Wildman–Crippen MR) is 139 cm³/mol. The van der Waals surface area contributed by atoms with E-state index in [-0.39, 0.29) is 17.1 Å². The maximum atomic E-state index is 13.0. The number of thioether (sulfide) groups is 1. The van der Waals surface area contributed by atoms with E-state index < -0.39 is 5.82 Å². The summed E-state index contributed by atoms with van der Waals surface area (Å²) in [5.74, 6) is -0.102. The molecule has 2 amide bonds. The van der Waals surface area contributed by atoms with Crippen LogP contribution in [0.15, 0.2) is 83.1 Å². The molecule has 1 unspecified atom stereocenters. The Hall–Kier alpha value is -3.69. The standard InChI is InChI=1S/C26H22FN3O3S2/c1-16(24(31)30-26-29-23(15-34-26)17-5-11-21(33-2)12-6-17)35-22-13-9-20(10-14-22)28-25(32)18-3-7-19(27)8-4-18/h3-16H,1-2H3,(H,28,32)(H,29,30,31). The van der Waals surface area contributed by atoms with Crippen molar-refractivity contribution in [3.63, 3.8) is 0 Å². The maximum absolute atomic E-state index is 13.0. The van der Waals surface area contributed by atoms with Crippen molar-refractivity contribution in [2.45, 2.75) is 17.1 Å². The fourth-order valence-corrected chi connectivity index (χ4v) is 4.70. The van der Waals surface area contributed by atoms with Crippen LogP contribution in [0.5, 0.6) is 5.75 Å². The largest absolute Gasteiger partial charge is 0.497 e. The van der Waals surface area contributed by atoms with Crippen molar-refractivity contribution in [1.29, 1.82) is 0 Å². The lowest BCUT2D eigenvalue weighted by Crippen LogP contribution is -2.22. The van der Waals surface area contributed by atoms with E-state index in [4.69, 9.17) is 4.74 Å². The number of carbonyl (C=O) groups excluding carboxylic acids is 2. The molecule has 0 spiro atoms. The van der Waals surface area contributed by atoms with Crippen LogP contribution in [0.2, 0.25) is 0 Å². The number of carbonyl (C=O) groups is 2. The summed E-state index contributed by atoms with van der Waals surface area (Å²) >= 11 is 2.77. The third-order valence-corrected chi connectivity index (χ3v) is 6.89. The highest BCUT2D eigenvalue weighted by Crippen LogP contribution is 2.29. The second kappa shape index (κ2) is 11.2. The zero-order valence-corrected chi connectivity index (χ0v) is 20.6. The number of nitrogens with one attached hydrogen (secondary N) is 2. The van der Waals surface area contributed by atoms with Crippen LogP contribution in [-0.4, -0.2) is 29.2 Å². The molecule has 4 aromatic rings. The highest BCUT2D eigenvalue weighted by molar-refractivity contribution is 8.00. The Morgan fingerprint density at radius 1 is 0.971 bits per heavy atom. The van der Waals surface area contributed by atoms with Gasteiger partial charge in [0.1, 0.15) is 11.6 Å². The number of hydrogen-bond donors (Lipinski definition) is 2. The minimum Gasteiger partial charge on any atom is -0.497 e. The molecular formula is C26H22FN3O3S2. The molecular weight excluding hydrogens is 485 g/mol. The molecule has 2 N–H and O–H groups in total. The normalized spacial score (nSPS) is 11.5. The minimum absolute atomic E-state index is 0.153. The lowest BCUT2D eigenvalue weighted by molar-refractivity contribution is -0.115. The Balaban J connectivity index is 1.31. The smallest absolute Gasteiger partial charge is 0.255 e. The molecule has 0 aliphatic carbocycles. The Morgan fingerprint density at radius 3 is 2.31 bits per heavy atom. The van der Waals surface area contributed by atoms with E-state index in [0.717, 1.165) is 21.9 Å². The van der Waals surface area contributed by atoms with Gasteiger partial charge in [0.15, 0.2) is 5.13 Å². The van der Waals surface area contributed by atoms with Gasteiger partial charge in [0.05, 0.1) is 18.1 Å². The summed E-state index contributed by atoms with van der Waals surface area (Å²) in [4.78, 5) is 30.3. The number of halogens is 1. The van der Waals surface area contributed by atoms with Crippen molar-refractivity contribution in [3.8, 4) is 17.0 Å². The first-order chi connectivity index (χ1) is 16.9. The van der Waals surface area contributed by atoms with Crippen molar-refractivity contribution in [2.75, 3.05) is 17.7 Å². The molecule has 6 nitrogen and oxygen atoms in total. The zero-order chi connectivity index (χ0) is 24.8. The summed E-state index contributed by atoms with van der Waals surface area (Å²) in [5, 5.41) is 7.72. The topological polar surface area (TPSA) is 80.3 Å². The number of hydrogen-bond acceptors (Lipinski definition) is 6. The molecule has 3 aromatic carbocycles. The summed E-state index contributed by atoms with van der Waals surface area (Å²) in [6.45, 7) is 1.82. The molecule has 4 rings (SSSR count). The number of aromatic nitrogens is 1. The molecule has 0 bridgehead atoms. The average molecular weight is 508 g/mol. The van der Waals surface area contributed by atoms with Crippen molar-refractivity contribution >= 4 is 45.7 Å². The third-order valence-electron chi connectivity index (χ3n) is 5.02. The Bertz CT molecular complexity index is 1310. The summed E-state index contributed by atoms with van der Waals surface area (Å²) in [6.07, 6.45) is 0. The van der Waals surface area contributed by atoms with Crippen LogP contribution in [0.1, 0.15) is 17.3 Å². The maximum Gasteiger partial charge on any atom is 0.255 e. The summed E-state index contributed by atoms with van der Waals surface area (Å²) in [5.41, 5.74) is 2.70. The zero-order valence-electron chi connectivity index (χ0n) is 18.9. The van der Waals surface area contributed by atoms with Crippen LogP contribution in [0, 0.1) is 5.82 Å². The Labute approximate surface area is 210 Å². The highest BCUT2D eigenvalue weighted by Gasteiger charge is 2.17. The fourth-order valence-electron chi connectivity index (χ4n) is 3.11. The number of amides is 2. The van der Waals surface area contributed by atoms with Gasteiger partial charge in [-0.1, -0.05) is 0 Å². The van der Waals surface area contributed by atoms with Crippen molar-refractivity contribution in [1.82, 2.24) is 4.98 Å². The minimum atomic E-state index is -0.395. The van der Waals surface area contributed by atoms with Crippen LogP contribution in [-0.2, 0) is 4.79 Å². The second-order valence-electron chi connectivity index (χ2n) is 7.50. The molecule has 9 heteroatoms. The van der Waals surface area contributed by atoms with Crippen molar-refractivity contribution in [3.05, 3.63) is 89.6 Å². The summed E-state index contributed by atoms with van der Waals surface area (Å²) in [6, 6.07) is 20.1. The number of nitrogens with zero attached hydrogens (tertiary/aromatic N) is 1. The molecule has 0 saturated carbocycles. The fraction of sp³-hybridized carbons (Fsp3) is 0.115. The van der Waals surface area contributed by atoms with E-state index in [2.05, 4.69) is 15.6 Å². The molecule has 1 heterocycles. The van der Waals surface area contributed by atoms with E-state index >= 15 is 0 Å². The monoisotopic (exact) mass is 507 g/mol. The number of methoxy groups -OCH3 is 1. The molecule has 0 fully saturated rings. The van der Waals surface area contributed by atoms with Gasteiger partial charge in [-0.05, 0) is 79.7 Å². The third kappa shape index (κ3) is 6.46. The van der Waals surface area contributed by atoms with Gasteiger partial charge in [-0.2, -0.15) is 0 Å². The molecule has 0 aliphatic heterocycles. The number of thiazole rings is 1. The molecule has 0 aliphatic rings. The molecule has 35 heavy (non-hydrogen) atoms. The van der Waals surface area contributed by atoms with Gasteiger partial charge >= 0.3 is 0 Å². The lowest BCUT2D eigenvalue weighted by atomic mass is 10.2. The quantitative estimate of drug-likeness (QED) is 0.273. The lowest BCUT2D eigenvalue weighted by Gasteiger charge is -2.11. The van der Waals surface area contributed by atoms with Gasteiger partial charge in [0.2, 0.25) is 5.91 Å². The predicted octanol–water partition coefficient (Wildman–Crippen LogP) is 6.33. The van der Waals surface area contributed by atoms with Crippen molar-refractivity contribution < 1.29 is 18.7 Å². The number of anilines is 2. The number of rotatable bonds is 8. The van der Waals surface area contributed by atoms with Crippen LogP contribution in [0.3, 0.4) is 0 Å². The second-order valence-corrected chi connectivity index (χ2v) is 9.77. The summed E-state index contributed by atoms with van der Waals surface area (Å²) < 4.78 is 18.2. The molecule has 178 valence electrons. The first kappa shape index (κ1) is 24.4. The summed E-state index contributed by atoms with van der Waals surface area (Å²) in [7, 11) is 1.62. The SMILES string of the molecule is COc1ccc(-c2csc(NC(=O)C(C)Sc3ccc(NC(=O)c4ccc(F)cc4)cc3)n2)cc1. The average Bonchev–Trinajstić information content (AvgIpc) is 3.34. The van der Waals surface area contributed by atoms with Gasteiger partial charge in [-0.3, -0.25) is 9.59 Å². The van der Waals surface area contributed by atoms with Crippen LogP contribution in [0.4, 0.5) is 15.2 Å². The van der Waals surface area contributed by atoms with Crippen molar-refractivity contribution in [2.24, 2.45) is 0 Å². The van der Waals surface area contributed by atoms with Crippen LogP contribution >= 0.6 is 23.1 Å². The number of benzene rings is 3. The van der Waals surface area contributed by atoms with Gasteiger partial charge in [0, 0.05) is 27.1 Å². The van der Waals surface area contributed by atoms with E-state index in [1.165, 1.54) is 47.4 Å². The molecule has 1 aromatic heterocycles. The van der Waals surface area contributed by atoms with Gasteiger partial charge in [-0.25, -0.2) is 9.37 Å². The molecule has 0 saturated heterocycles.